The van der Waals surface area contributed by atoms with Crippen LogP contribution in [-0.2, 0) is 4.74 Å². The van der Waals surface area contributed by atoms with Gasteiger partial charge in [0.05, 0.1) is 6.10 Å². The van der Waals surface area contributed by atoms with Gasteiger partial charge in [-0.05, 0) is 55.7 Å². The Balaban J connectivity index is 1.55. The minimum Gasteiger partial charge on any atom is -0.409 e. The summed E-state index contributed by atoms with van der Waals surface area (Å²) in [7, 11) is 0. The molecular formula is C15H17N3O3S. The van der Waals surface area contributed by atoms with Crippen LogP contribution in [0.4, 0.5) is 0 Å². The van der Waals surface area contributed by atoms with Gasteiger partial charge in [0.2, 0.25) is 5.89 Å². The lowest BCUT2D eigenvalue weighted by atomic mass is 10.1. The first kappa shape index (κ1) is 14.9. The molecule has 116 valence electrons. The molecule has 7 heteroatoms. The van der Waals surface area contributed by atoms with E-state index in [-0.39, 0.29) is 16.8 Å². The average Bonchev–Trinajstić information content (AvgIpc) is 3.19. The summed E-state index contributed by atoms with van der Waals surface area (Å²) in [4.78, 5) is 12.3. The van der Waals surface area contributed by atoms with E-state index in [9.17, 15) is 4.79 Å². The largest absolute Gasteiger partial charge is 0.409 e. The summed E-state index contributed by atoms with van der Waals surface area (Å²) in [6.07, 6.45) is 3.35. The summed E-state index contributed by atoms with van der Waals surface area (Å²) in [5.41, 5.74) is 1.37. The van der Waals surface area contributed by atoms with Crippen LogP contribution in [0.25, 0.3) is 11.5 Å². The Kier molecular flexibility index (Phi) is 4.65. The van der Waals surface area contributed by atoms with Crippen molar-refractivity contribution < 1.29 is 13.9 Å². The normalized spacial score (nSPS) is 17.5. The molecule has 2 aromatic rings. The number of H-pyrrole nitrogens is 1. The number of benzene rings is 1. The predicted molar refractivity (Wildman–Crippen MR) is 83.0 cm³/mol. The van der Waals surface area contributed by atoms with Crippen LogP contribution in [-0.4, -0.2) is 35.4 Å². The molecule has 0 spiro atoms. The van der Waals surface area contributed by atoms with Crippen molar-refractivity contribution in [3.8, 4) is 11.5 Å². The maximum absolute atomic E-state index is 12.1. The number of aromatic nitrogens is 2. The zero-order valence-electron chi connectivity index (χ0n) is 12.0. The van der Waals surface area contributed by atoms with Crippen LogP contribution in [0, 0.1) is 4.84 Å². The van der Waals surface area contributed by atoms with E-state index in [1.165, 1.54) is 0 Å². The molecule has 22 heavy (non-hydrogen) atoms. The molecule has 3 rings (SSSR count). The van der Waals surface area contributed by atoms with Crippen molar-refractivity contribution in [3.63, 3.8) is 0 Å². The van der Waals surface area contributed by atoms with Gasteiger partial charge in [-0.25, -0.2) is 5.10 Å². The molecule has 6 nitrogen and oxygen atoms in total. The molecule has 2 N–H and O–H groups in total. The maximum atomic E-state index is 12.1. The fourth-order valence-corrected chi connectivity index (χ4v) is 2.56. The van der Waals surface area contributed by atoms with Gasteiger partial charge in [0.15, 0.2) is 0 Å². The second-order valence-electron chi connectivity index (χ2n) is 5.18. The van der Waals surface area contributed by atoms with Crippen molar-refractivity contribution in [1.82, 2.24) is 15.5 Å². The first-order chi connectivity index (χ1) is 10.7. The highest BCUT2D eigenvalue weighted by atomic mass is 32.1. The molecule has 0 saturated carbocycles. The molecule has 1 aromatic carbocycles. The van der Waals surface area contributed by atoms with Crippen molar-refractivity contribution in [1.29, 1.82) is 0 Å². The van der Waals surface area contributed by atoms with Crippen LogP contribution in [0.5, 0.6) is 0 Å². The number of hydrogen-bond donors (Lipinski definition) is 2. The third-order valence-electron chi connectivity index (χ3n) is 3.61. The monoisotopic (exact) mass is 319 g/mol. The summed E-state index contributed by atoms with van der Waals surface area (Å²) >= 11 is 4.83. The molecule has 1 aliphatic rings. The fraction of sp³-hybridized carbons (Fsp3) is 0.400. The third kappa shape index (κ3) is 3.61. The Morgan fingerprint density at radius 1 is 1.41 bits per heavy atom. The summed E-state index contributed by atoms with van der Waals surface area (Å²) in [6, 6.07) is 7.04. The summed E-state index contributed by atoms with van der Waals surface area (Å²) < 4.78 is 10.8. The van der Waals surface area contributed by atoms with E-state index >= 15 is 0 Å². The Morgan fingerprint density at radius 2 is 2.23 bits per heavy atom. The molecule has 0 radical (unpaired) electrons. The second kappa shape index (κ2) is 6.85. The minimum absolute atomic E-state index is 0.0903. The lowest BCUT2D eigenvalue weighted by Crippen LogP contribution is -2.26. The molecule has 1 aromatic heterocycles. The van der Waals surface area contributed by atoms with Gasteiger partial charge >= 0.3 is 0 Å². The number of carbonyl (C=O) groups is 1. The molecular weight excluding hydrogens is 302 g/mol. The summed E-state index contributed by atoms with van der Waals surface area (Å²) in [5, 5.41) is 9.42. The molecule has 1 atom stereocenters. The van der Waals surface area contributed by atoms with E-state index in [4.69, 9.17) is 21.4 Å². The van der Waals surface area contributed by atoms with Crippen molar-refractivity contribution >= 4 is 18.1 Å². The number of nitrogens with zero attached hydrogens (tertiary/aromatic N) is 1. The van der Waals surface area contributed by atoms with Crippen molar-refractivity contribution in [2.24, 2.45) is 0 Å². The number of amides is 1. The summed E-state index contributed by atoms with van der Waals surface area (Å²) in [6.45, 7) is 1.46. The third-order valence-corrected chi connectivity index (χ3v) is 3.78. The highest BCUT2D eigenvalue weighted by Gasteiger charge is 2.15. The van der Waals surface area contributed by atoms with Crippen molar-refractivity contribution in [2.45, 2.75) is 25.4 Å². The summed E-state index contributed by atoms with van der Waals surface area (Å²) in [5.74, 6) is 0.322. The lowest BCUT2D eigenvalue weighted by molar-refractivity contribution is 0.0907. The topological polar surface area (TPSA) is 80.1 Å². The Hall–Kier alpha value is -1.99. The molecule has 1 aliphatic heterocycles. The van der Waals surface area contributed by atoms with Crippen LogP contribution < -0.4 is 5.32 Å². The molecule has 0 aliphatic carbocycles. The van der Waals surface area contributed by atoms with Gasteiger partial charge in [-0.1, -0.05) is 0 Å². The van der Waals surface area contributed by atoms with Gasteiger partial charge < -0.3 is 14.5 Å². The van der Waals surface area contributed by atoms with E-state index in [0.29, 0.717) is 18.0 Å². The van der Waals surface area contributed by atoms with E-state index in [1.807, 2.05) is 0 Å². The number of rotatable bonds is 5. The predicted octanol–water partition coefficient (Wildman–Crippen LogP) is 2.70. The zero-order valence-corrected chi connectivity index (χ0v) is 12.8. The van der Waals surface area contributed by atoms with Crippen LogP contribution in [0.15, 0.2) is 28.7 Å². The molecule has 1 amide bonds. The van der Waals surface area contributed by atoms with E-state index in [2.05, 4.69) is 15.5 Å². The molecule has 1 fully saturated rings. The van der Waals surface area contributed by atoms with Gasteiger partial charge in [-0.2, -0.15) is 0 Å². The number of ether oxygens (including phenoxy) is 1. The minimum atomic E-state index is -0.0903. The van der Waals surface area contributed by atoms with Gasteiger partial charge in [-0.3, -0.25) is 4.79 Å². The fourth-order valence-electron chi connectivity index (χ4n) is 2.44. The first-order valence-corrected chi connectivity index (χ1v) is 7.69. The van der Waals surface area contributed by atoms with E-state index in [0.717, 1.165) is 31.4 Å². The van der Waals surface area contributed by atoms with Crippen LogP contribution >= 0.6 is 12.2 Å². The highest BCUT2D eigenvalue weighted by molar-refractivity contribution is 7.71. The Bertz CT molecular complexity index is 687. The van der Waals surface area contributed by atoms with Crippen molar-refractivity contribution in [2.75, 3.05) is 13.2 Å². The zero-order chi connectivity index (χ0) is 15.4. The van der Waals surface area contributed by atoms with Crippen LogP contribution in [0.2, 0.25) is 0 Å². The number of nitrogens with one attached hydrogen (secondary N) is 2. The Labute approximate surface area is 132 Å². The van der Waals surface area contributed by atoms with Gasteiger partial charge in [0, 0.05) is 24.3 Å². The smallest absolute Gasteiger partial charge is 0.284 e. The molecule has 1 saturated heterocycles. The SMILES string of the molecule is O=C(NCC[C@H]1CCCO1)c1ccc(-c2n[nH]c(=S)o2)cc1. The van der Waals surface area contributed by atoms with Gasteiger partial charge in [0.1, 0.15) is 0 Å². The quantitative estimate of drug-likeness (QED) is 0.828. The standard InChI is InChI=1S/C15H17N3O3S/c19-13(16-8-7-12-2-1-9-20-12)10-3-5-11(6-4-10)14-17-18-15(22)21-14/h3-6,12H,1-2,7-9H2,(H,16,19)(H,18,22)/t12-/m1/s1. The molecule has 2 heterocycles. The lowest BCUT2D eigenvalue weighted by Gasteiger charge is -2.10. The maximum Gasteiger partial charge on any atom is 0.284 e. The van der Waals surface area contributed by atoms with Gasteiger partial charge in [-0.15, -0.1) is 5.10 Å². The van der Waals surface area contributed by atoms with E-state index < -0.39 is 0 Å². The Morgan fingerprint density at radius 3 is 2.86 bits per heavy atom. The second-order valence-corrected chi connectivity index (χ2v) is 5.55. The number of aromatic amines is 1. The van der Waals surface area contributed by atoms with Crippen LogP contribution in [0.3, 0.4) is 0 Å². The van der Waals surface area contributed by atoms with Crippen molar-refractivity contribution in [3.05, 3.63) is 34.7 Å². The van der Waals surface area contributed by atoms with Crippen LogP contribution in [0.1, 0.15) is 29.6 Å². The van der Waals surface area contributed by atoms with Gasteiger partial charge in [0.25, 0.3) is 10.7 Å². The number of hydrogen-bond acceptors (Lipinski definition) is 5. The first-order valence-electron chi connectivity index (χ1n) is 7.28. The van der Waals surface area contributed by atoms with E-state index in [1.54, 1.807) is 24.3 Å². The number of carbonyl (C=O) groups excluding carboxylic acids is 1. The molecule has 0 unspecified atom stereocenters. The average molecular weight is 319 g/mol. The molecule has 0 bridgehead atoms. The highest BCUT2D eigenvalue weighted by Crippen LogP contribution is 2.17.